The number of sulfonamides is 1. The van der Waals surface area contributed by atoms with Crippen LogP contribution in [-0.2, 0) is 27.7 Å². The van der Waals surface area contributed by atoms with E-state index in [4.69, 9.17) is 4.74 Å². The molecule has 7 heteroatoms. The van der Waals surface area contributed by atoms with Crippen molar-refractivity contribution in [3.8, 4) is 5.75 Å². The van der Waals surface area contributed by atoms with Crippen molar-refractivity contribution in [3.05, 3.63) is 53.6 Å². The number of hydrogen-bond acceptors (Lipinski definition) is 4. The topological polar surface area (TPSA) is 84.5 Å². The Bertz CT molecular complexity index is 892. The number of amides is 1. The molecule has 0 spiro atoms. The summed E-state index contributed by atoms with van der Waals surface area (Å²) in [4.78, 5) is 12.2. The number of benzene rings is 2. The van der Waals surface area contributed by atoms with Crippen molar-refractivity contribution in [2.45, 2.75) is 31.1 Å². The van der Waals surface area contributed by atoms with Crippen molar-refractivity contribution >= 4 is 21.6 Å². The van der Waals surface area contributed by atoms with Crippen LogP contribution in [0.5, 0.6) is 5.75 Å². The van der Waals surface area contributed by atoms with Gasteiger partial charge in [0.05, 0.1) is 18.0 Å². The number of ether oxygens (including phenoxy) is 1. The second-order valence-corrected chi connectivity index (χ2v) is 7.88. The molecule has 1 aliphatic carbocycles. The van der Waals surface area contributed by atoms with Crippen LogP contribution in [0, 0.1) is 0 Å². The molecule has 3 rings (SSSR count). The summed E-state index contributed by atoms with van der Waals surface area (Å²) >= 11 is 0. The SMILES string of the molecule is CCOc1ccc(S(=O)(=O)NCC(=O)Nc2ccc3c(c2)CCC3)cc1. The second kappa shape index (κ2) is 7.88. The molecular formula is C19H22N2O4S. The maximum absolute atomic E-state index is 12.3. The maximum Gasteiger partial charge on any atom is 0.241 e. The molecule has 0 radical (unpaired) electrons. The van der Waals surface area contributed by atoms with Crippen LogP contribution in [0.25, 0.3) is 0 Å². The van der Waals surface area contributed by atoms with Gasteiger partial charge in [-0.05, 0) is 73.7 Å². The number of fused-ring (bicyclic) bond motifs is 1. The molecule has 0 unspecified atom stereocenters. The van der Waals surface area contributed by atoms with Gasteiger partial charge in [-0.15, -0.1) is 0 Å². The molecule has 26 heavy (non-hydrogen) atoms. The maximum atomic E-state index is 12.3. The van der Waals surface area contributed by atoms with Crippen LogP contribution in [0.4, 0.5) is 5.69 Å². The number of aryl methyl sites for hydroxylation is 2. The van der Waals surface area contributed by atoms with Gasteiger partial charge in [0.15, 0.2) is 0 Å². The fraction of sp³-hybridized carbons (Fsp3) is 0.316. The van der Waals surface area contributed by atoms with Gasteiger partial charge in [0, 0.05) is 5.69 Å². The first-order chi connectivity index (χ1) is 12.5. The van der Waals surface area contributed by atoms with E-state index in [1.807, 2.05) is 25.1 Å². The predicted molar refractivity (Wildman–Crippen MR) is 99.9 cm³/mol. The molecule has 0 fully saturated rings. The Balaban J connectivity index is 1.57. The molecule has 2 N–H and O–H groups in total. The Morgan fingerprint density at radius 3 is 2.54 bits per heavy atom. The van der Waals surface area contributed by atoms with E-state index >= 15 is 0 Å². The molecule has 2 aromatic rings. The van der Waals surface area contributed by atoms with E-state index in [0.717, 1.165) is 19.3 Å². The average molecular weight is 374 g/mol. The lowest BCUT2D eigenvalue weighted by atomic mass is 10.1. The first-order valence-corrected chi connectivity index (χ1v) is 10.1. The minimum atomic E-state index is -3.76. The predicted octanol–water partition coefficient (Wildman–Crippen LogP) is 2.49. The van der Waals surface area contributed by atoms with E-state index in [1.54, 1.807) is 12.1 Å². The Kier molecular flexibility index (Phi) is 5.58. The van der Waals surface area contributed by atoms with Gasteiger partial charge in [-0.25, -0.2) is 13.1 Å². The molecule has 0 aromatic heterocycles. The number of rotatable bonds is 7. The number of carbonyl (C=O) groups excluding carboxylic acids is 1. The number of carbonyl (C=O) groups is 1. The van der Waals surface area contributed by atoms with Crippen LogP contribution < -0.4 is 14.8 Å². The Morgan fingerprint density at radius 1 is 1.08 bits per heavy atom. The quantitative estimate of drug-likeness (QED) is 0.780. The van der Waals surface area contributed by atoms with Crippen molar-refractivity contribution in [2.75, 3.05) is 18.5 Å². The van der Waals surface area contributed by atoms with Crippen molar-refractivity contribution in [2.24, 2.45) is 0 Å². The van der Waals surface area contributed by atoms with Gasteiger partial charge in [0.1, 0.15) is 5.75 Å². The summed E-state index contributed by atoms with van der Waals surface area (Å²) < 4.78 is 32.2. The highest BCUT2D eigenvalue weighted by atomic mass is 32.2. The highest BCUT2D eigenvalue weighted by molar-refractivity contribution is 7.89. The average Bonchev–Trinajstić information content (AvgIpc) is 3.09. The lowest BCUT2D eigenvalue weighted by Crippen LogP contribution is -2.32. The number of hydrogen-bond donors (Lipinski definition) is 2. The standard InChI is InChI=1S/C19H22N2O4S/c1-2-25-17-8-10-18(11-9-17)26(23,24)20-13-19(22)21-16-7-6-14-4-3-5-15(14)12-16/h6-12,20H,2-5,13H2,1H3,(H,21,22). The molecule has 0 saturated carbocycles. The van der Waals surface area contributed by atoms with E-state index < -0.39 is 15.9 Å². The lowest BCUT2D eigenvalue weighted by Gasteiger charge is -2.10. The van der Waals surface area contributed by atoms with Crippen LogP contribution in [0.1, 0.15) is 24.5 Å². The fourth-order valence-electron chi connectivity index (χ4n) is 2.98. The second-order valence-electron chi connectivity index (χ2n) is 6.11. The molecule has 0 atom stereocenters. The third kappa shape index (κ3) is 4.42. The molecule has 2 aromatic carbocycles. The Labute approximate surface area is 153 Å². The number of anilines is 1. The van der Waals surface area contributed by atoms with Crippen molar-refractivity contribution in [3.63, 3.8) is 0 Å². The largest absolute Gasteiger partial charge is 0.494 e. The highest BCUT2D eigenvalue weighted by Gasteiger charge is 2.16. The zero-order chi connectivity index (χ0) is 18.6. The minimum Gasteiger partial charge on any atom is -0.494 e. The molecule has 1 amide bonds. The van der Waals surface area contributed by atoms with Gasteiger partial charge < -0.3 is 10.1 Å². The van der Waals surface area contributed by atoms with Gasteiger partial charge in [0.2, 0.25) is 15.9 Å². The normalized spacial score (nSPS) is 13.3. The minimum absolute atomic E-state index is 0.0892. The van der Waals surface area contributed by atoms with Crippen LogP contribution in [0.2, 0.25) is 0 Å². The number of nitrogens with one attached hydrogen (secondary N) is 2. The van der Waals surface area contributed by atoms with Gasteiger partial charge in [-0.3, -0.25) is 4.79 Å². The summed E-state index contributed by atoms with van der Waals surface area (Å²) in [6.45, 7) is 2.03. The first kappa shape index (κ1) is 18.4. The van der Waals surface area contributed by atoms with Gasteiger partial charge in [-0.2, -0.15) is 0 Å². The molecule has 0 heterocycles. The summed E-state index contributed by atoms with van der Waals surface area (Å²) in [6.07, 6.45) is 3.23. The third-order valence-electron chi connectivity index (χ3n) is 4.25. The van der Waals surface area contributed by atoms with Crippen molar-refractivity contribution in [1.82, 2.24) is 4.72 Å². The van der Waals surface area contributed by atoms with E-state index in [2.05, 4.69) is 10.0 Å². The van der Waals surface area contributed by atoms with Crippen LogP contribution in [0.3, 0.4) is 0 Å². The van der Waals surface area contributed by atoms with Crippen molar-refractivity contribution < 1.29 is 17.9 Å². The van der Waals surface area contributed by atoms with Crippen LogP contribution in [-0.4, -0.2) is 27.5 Å². The molecule has 0 bridgehead atoms. The zero-order valence-electron chi connectivity index (χ0n) is 14.6. The zero-order valence-corrected chi connectivity index (χ0v) is 15.4. The molecule has 138 valence electrons. The molecular weight excluding hydrogens is 352 g/mol. The van der Waals surface area contributed by atoms with Crippen LogP contribution in [0.15, 0.2) is 47.4 Å². The summed E-state index contributed by atoms with van der Waals surface area (Å²) in [6, 6.07) is 11.9. The molecule has 1 aliphatic rings. The fourth-order valence-corrected chi connectivity index (χ4v) is 3.96. The van der Waals surface area contributed by atoms with Gasteiger partial charge in [-0.1, -0.05) is 6.07 Å². The van der Waals surface area contributed by atoms with Crippen molar-refractivity contribution in [1.29, 1.82) is 0 Å². The van der Waals surface area contributed by atoms with E-state index in [9.17, 15) is 13.2 Å². The van der Waals surface area contributed by atoms with Gasteiger partial charge in [0.25, 0.3) is 0 Å². The van der Waals surface area contributed by atoms with Gasteiger partial charge >= 0.3 is 0 Å². The summed E-state index contributed by atoms with van der Waals surface area (Å²) in [5.41, 5.74) is 3.26. The summed E-state index contributed by atoms with van der Waals surface area (Å²) in [7, 11) is -3.76. The highest BCUT2D eigenvalue weighted by Crippen LogP contribution is 2.24. The van der Waals surface area contributed by atoms with E-state index in [0.29, 0.717) is 18.0 Å². The third-order valence-corrected chi connectivity index (χ3v) is 5.67. The first-order valence-electron chi connectivity index (χ1n) is 8.62. The smallest absolute Gasteiger partial charge is 0.241 e. The lowest BCUT2D eigenvalue weighted by molar-refractivity contribution is -0.115. The Morgan fingerprint density at radius 2 is 1.81 bits per heavy atom. The summed E-state index contributed by atoms with van der Waals surface area (Å²) in [5, 5.41) is 2.74. The molecule has 0 saturated heterocycles. The Hall–Kier alpha value is -2.38. The van der Waals surface area contributed by atoms with E-state index in [-0.39, 0.29) is 11.4 Å². The molecule has 6 nitrogen and oxygen atoms in total. The van der Waals surface area contributed by atoms with E-state index in [1.165, 1.54) is 23.3 Å². The monoisotopic (exact) mass is 374 g/mol. The summed E-state index contributed by atoms with van der Waals surface area (Å²) in [5.74, 6) is 0.193. The molecule has 0 aliphatic heterocycles. The van der Waals surface area contributed by atoms with Crippen LogP contribution >= 0.6 is 0 Å².